The monoisotopic (exact) mass is 518 g/mol. The molecule has 2 fully saturated rings. The molecule has 0 aliphatic carbocycles. The Hall–Kier alpha value is -2.92. The second kappa shape index (κ2) is 9.85. The van der Waals surface area contributed by atoms with Crippen LogP contribution in [0.2, 0.25) is 0 Å². The summed E-state index contributed by atoms with van der Waals surface area (Å²) >= 11 is 1.89. The number of rotatable bonds is 4. The molecule has 3 aliphatic heterocycles. The van der Waals surface area contributed by atoms with E-state index in [1.165, 1.54) is 23.3 Å². The molecule has 8 nitrogen and oxygen atoms in total. The number of halogens is 2. The summed E-state index contributed by atoms with van der Waals surface area (Å²) in [7, 11) is 0. The number of aromatic hydroxyl groups is 1. The Kier molecular flexibility index (Phi) is 6.78. The number of fused-ring (bicyclic) bond motifs is 2. The van der Waals surface area contributed by atoms with E-state index in [1.807, 2.05) is 18.7 Å². The molecule has 2 N–H and O–H groups in total. The maximum atomic E-state index is 13.9. The van der Waals surface area contributed by atoms with E-state index < -0.39 is 34.6 Å². The third kappa shape index (κ3) is 4.39. The Balaban J connectivity index is 1.44. The molecule has 5 rings (SSSR count). The van der Waals surface area contributed by atoms with E-state index >= 15 is 0 Å². The van der Waals surface area contributed by atoms with Crippen LogP contribution in [-0.2, 0) is 13.1 Å². The zero-order valence-corrected chi connectivity index (χ0v) is 20.7. The van der Waals surface area contributed by atoms with E-state index in [-0.39, 0.29) is 40.9 Å². The van der Waals surface area contributed by atoms with E-state index in [0.29, 0.717) is 12.6 Å². The summed E-state index contributed by atoms with van der Waals surface area (Å²) in [6, 6.07) is 2.93. The molecule has 3 aliphatic rings. The summed E-state index contributed by atoms with van der Waals surface area (Å²) in [6.45, 7) is 2.85. The lowest BCUT2D eigenvalue weighted by Gasteiger charge is -2.52. The maximum Gasteiger partial charge on any atom is 0.276 e. The van der Waals surface area contributed by atoms with Crippen LogP contribution in [0.5, 0.6) is 5.75 Å². The number of nitrogens with one attached hydrogen (secondary N) is 1. The number of pyridine rings is 1. The number of nitrogens with zero attached hydrogens (tertiary/aromatic N) is 3. The standard InChI is InChI=1S/C25H28F2N4O4S/c1-14-7-8-30(20-4-2-3-9-36-20)19-13-29-12-17(22(32)23(33)21(29)25(35)31(14)19)24(34)28-11-15-5-6-16(26)10-18(15)27/h5-6,10,12,14,19-20,33H,2-4,7-9,11,13H2,1H3,(H,28,34). The van der Waals surface area contributed by atoms with Crippen molar-refractivity contribution >= 4 is 23.6 Å². The van der Waals surface area contributed by atoms with Gasteiger partial charge in [-0.2, -0.15) is 0 Å². The first kappa shape index (κ1) is 24.8. The first-order valence-electron chi connectivity index (χ1n) is 12.1. The van der Waals surface area contributed by atoms with Crippen molar-refractivity contribution in [2.75, 3.05) is 12.3 Å². The highest BCUT2D eigenvalue weighted by molar-refractivity contribution is 7.99. The number of carbonyl (C=O) groups excluding carboxylic acids is 2. The summed E-state index contributed by atoms with van der Waals surface area (Å²) in [6.07, 6.45) is 5.19. The molecule has 1 aromatic heterocycles. The van der Waals surface area contributed by atoms with Gasteiger partial charge in [0.1, 0.15) is 23.4 Å². The Morgan fingerprint density at radius 2 is 2.03 bits per heavy atom. The van der Waals surface area contributed by atoms with Crippen LogP contribution in [0, 0.1) is 11.6 Å². The molecule has 0 spiro atoms. The molecular weight excluding hydrogens is 490 g/mol. The van der Waals surface area contributed by atoms with E-state index in [2.05, 4.69) is 10.2 Å². The van der Waals surface area contributed by atoms with Gasteiger partial charge in [0.25, 0.3) is 11.8 Å². The fourth-order valence-corrected chi connectivity index (χ4v) is 6.75. The van der Waals surface area contributed by atoms with E-state index in [0.717, 1.165) is 37.6 Å². The lowest BCUT2D eigenvalue weighted by atomic mass is 10.0. The highest BCUT2D eigenvalue weighted by atomic mass is 32.2. The number of thioether (sulfide) groups is 1. The Labute approximate surface area is 211 Å². The first-order chi connectivity index (χ1) is 17.3. The van der Waals surface area contributed by atoms with Gasteiger partial charge in [0, 0.05) is 37.0 Å². The zero-order chi connectivity index (χ0) is 25.6. The van der Waals surface area contributed by atoms with E-state index in [9.17, 15) is 28.3 Å². The van der Waals surface area contributed by atoms with Crippen molar-refractivity contribution in [2.24, 2.45) is 0 Å². The van der Waals surface area contributed by atoms with Crippen molar-refractivity contribution < 1.29 is 23.5 Å². The van der Waals surface area contributed by atoms with Crippen LogP contribution in [0.15, 0.2) is 29.2 Å². The van der Waals surface area contributed by atoms with Crippen molar-refractivity contribution in [3.8, 4) is 5.75 Å². The Morgan fingerprint density at radius 3 is 2.75 bits per heavy atom. The molecule has 2 aromatic rings. The van der Waals surface area contributed by atoms with Crippen molar-refractivity contribution in [1.82, 2.24) is 19.7 Å². The first-order valence-corrected chi connectivity index (χ1v) is 13.2. The Morgan fingerprint density at radius 1 is 1.22 bits per heavy atom. The summed E-state index contributed by atoms with van der Waals surface area (Å²) < 4.78 is 28.6. The largest absolute Gasteiger partial charge is 0.503 e. The smallest absolute Gasteiger partial charge is 0.276 e. The number of amides is 2. The van der Waals surface area contributed by atoms with Crippen LogP contribution in [0.25, 0.3) is 0 Å². The van der Waals surface area contributed by atoms with Crippen molar-refractivity contribution in [2.45, 2.75) is 63.3 Å². The summed E-state index contributed by atoms with van der Waals surface area (Å²) in [4.78, 5) is 43.3. The predicted octanol–water partition coefficient (Wildman–Crippen LogP) is 2.88. The van der Waals surface area contributed by atoms with Crippen molar-refractivity contribution in [3.05, 3.63) is 63.1 Å². The van der Waals surface area contributed by atoms with E-state index in [4.69, 9.17) is 0 Å². The van der Waals surface area contributed by atoms with Crippen LogP contribution in [0.1, 0.15) is 59.0 Å². The molecule has 3 unspecified atom stereocenters. The lowest BCUT2D eigenvalue weighted by Crippen LogP contribution is -2.65. The second-order valence-corrected chi connectivity index (χ2v) is 10.8. The molecular formula is C25H28F2N4O4S. The topological polar surface area (TPSA) is 94.9 Å². The SMILES string of the molecule is CC1CCN(C2CCCCS2)C2Cn3cc(C(=O)NCc4ccc(F)cc4F)c(=O)c(O)c3C(=O)N12. The molecule has 36 heavy (non-hydrogen) atoms. The minimum Gasteiger partial charge on any atom is -0.503 e. The van der Waals surface area contributed by atoms with Crippen LogP contribution >= 0.6 is 11.8 Å². The van der Waals surface area contributed by atoms with Gasteiger partial charge in [-0.05, 0) is 38.0 Å². The average Bonchev–Trinajstić information content (AvgIpc) is 2.86. The van der Waals surface area contributed by atoms with Gasteiger partial charge in [-0.25, -0.2) is 8.78 Å². The highest BCUT2D eigenvalue weighted by Crippen LogP contribution is 2.37. The Bertz CT molecular complexity index is 1260. The molecule has 11 heteroatoms. The van der Waals surface area contributed by atoms with E-state index in [1.54, 1.807) is 4.90 Å². The fraction of sp³-hybridized carbons (Fsp3) is 0.480. The van der Waals surface area contributed by atoms with Gasteiger partial charge in [-0.15, -0.1) is 11.8 Å². The van der Waals surface area contributed by atoms with Gasteiger partial charge in [0.2, 0.25) is 5.43 Å². The van der Waals surface area contributed by atoms with Gasteiger partial charge in [-0.3, -0.25) is 19.3 Å². The number of benzene rings is 1. The molecule has 2 amide bonds. The van der Waals surface area contributed by atoms with Gasteiger partial charge >= 0.3 is 0 Å². The van der Waals surface area contributed by atoms with Gasteiger partial charge in [-0.1, -0.05) is 12.5 Å². The number of hydrogen-bond acceptors (Lipinski definition) is 6. The number of carbonyl (C=O) groups is 2. The van der Waals surface area contributed by atoms with Gasteiger partial charge in [0.05, 0.1) is 11.9 Å². The van der Waals surface area contributed by atoms with Gasteiger partial charge in [0.15, 0.2) is 11.4 Å². The van der Waals surface area contributed by atoms with Crippen LogP contribution in [0.4, 0.5) is 8.78 Å². The molecule has 0 saturated carbocycles. The zero-order valence-electron chi connectivity index (χ0n) is 19.9. The quantitative estimate of drug-likeness (QED) is 0.647. The highest BCUT2D eigenvalue weighted by Gasteiger charge is 2.45. The molecule has 0 radical (unpaired) electrons. The lowest BCUT2D eigenvalue weighted by molar-refractivity contribution is -0.0389. The second-order valence-electron chi connectivity index (χ2n) is 9.53. The molecule has 2 saturated heterocycles. The number of hydrogen-bond donors (Lipinski definition) is 2. The number of aromatic nitrogens is 1. The minimum atomic E-state index is -0.963. The average molecular weight is 519 g/mol. The molecule has 0 bridgehead atoms. The predicted molar refractivity (Wildman–Crippen MR) is 131 cm³/mol. The van der Waals surface area contributed by atoms with Crippen LogP contribution < -0.4 is 10.7 Å². The molecule has 1 aromatic carbocycles. The minimum absolute atomic E-state index is 0.0506. The third-order valence-corrected chi connectivity index (χ3v) is 8.68. The van der Waals surface area contributed by atoms with Crippen LogP contribution in [-0.4, -0.2) is 61.2 Å². The molecule has 3 atom stereocenters. The fourth-order valence-electron chi connectivity index (χ4n) is 5.34. The van der Waals surface area contributed by atoms with Gasteiger partial charge < -0.3 is 19.9 Å². The summed E-state index contributed by atoms with van der Waals surface area (Å²) in [5.74, 6) is -2.51. The normalized spacial score (nSPS) is 24.2. The third-order valence-electron chi connectivity index (χ3n) is 7.26. The van der Waals surface area contributed by atoms with Crippen molar-refractivity contribution in [3.63, 3.8) is 0 Å². The molecule has 4 heterocycles. The van der Waals surface area contributed by atoms with Crippen LogP contribution in [0.3, 0.4) is 0 Å². The summed E-state index contributed by atoms with van der Waals surface area (Å²) in [5.41, 5.74) is -1.38. The van der Waals surface area contributed by atoms with Crippen molar-refractivity contribution in [1.29, 1.82) is 0 Å². The molecule has 192 valence electrons. The summed E-state index contributed by atoms with van der Waals surface area (Å²) in [5, 5.41) is 13.5. The maximum absolute atomic E-state index is 13.9.